The number of nitrogens with zero attached hydrogens (tertiary/aromatic N) is 3. The van der Waals surface area contributed by atoms with Crippen LogP contribution in [0.3, 0.4) is 0 Å². The van der Waals surface area contributed by atoms with Gasteiger partial charge in [0.25, 0.3) is 0 Å². The molecule has 0 amide bonds. The summed E-state index contributed by atoms with van der Waals surface area (Å²) in [6.07, 6.45) is 0.856. The van der Waals surface area contributed by atoms with E-state index in [1.54, 1.807) is 0 Å². The van der Waals surface area contributed by atoms with E-state index < -0.39 is 0 Å². The number of benzene rings is 8. The number of aromatic nitrogens is 1. The largest absolute Gasteiger partial charge is 0.309 e. The van der Waals surface area contributed by atoms with Crippen LogP contribution < -0.4 is 0 Å². The number of rotatable bonds is 7. The van der Waals surface area contributed by atoms with Gasteiger partial charge in [0.15, 0.2) is 5.84 Å². The van der Waals surface area contributed by atoms with E-state index in [9.17, 15) is 0 Å². The van der Waals surface area contributed by atoms with Crippen molar-refractivity contribution in [3.8, 4) is 39.1 Å². The van der Waals surface area contributed by atoms with Crippen molar-refractivity contribution >= 4 is 39.1 Å². The van der Waals surface area contributed by atoms with E-state index in [1.165, 1.54) is 66.3 Å². The first-order chi connectivity index (χ1) is 28.1. The fourth-order valence-electron chi connectivity index (χ4n) is 8.36. The zero-order chi connectivity index (χ0) is 38.3. The second-order valence-corrected chi connectivity index (χ2v) is 14.7. The van der Waals surface area contributed by atoms with Crippen molar-refractivity contribution in [2.24, 2.45) is 9.98 Å². The van der Waals surface area contributed by atoms with Gasteiger partial charge in [-0.1, -0.05) is 158 Å². The van der Waals surface area contributed by atoms with E-state index in [0.29, 0.717) is 11.5 Å². The zero-order valence-electron chi connectivity index (χ0n) is 31.7. The average Bonchev–Trinajstić information content (AvgIpc) is 3.82. The van der Waals surface area contributed by atoms with Crippen LogP contribution in [0.5, 0.6) is 0 Å². The number of hydrogen-bond donors (Lipinski definition) is 0. The normalized spacial score (nSPS) is 12.5. The second-order valence-electron chi connectivity index (χ2n) is 14.7. The molecular formula is C54H39N3. The maximum atomic E-state index is 5.13. The molecule has 270 valence electrons. The third-order valence-corrected chi connectivity index (χ3v) is 11.2. The number of para-hydroxylation sites is 1. The van der Waals surface area contributed by atoms with Crippen molar-refractivity contribution in [2.75, 3.05) is 0 Å². The van der Waals surface area contributed by atoms with Crippen molar-refractivity contribution in [1.29, 1.82) is 0 Å². The first-order valence-corrected chi connectivity index (χ1v) is 19.5. The Morgan fingerprint density at radius 3 is 1.77 bits per heavy atom. The first kappa shape index (κ1) is 34.2. The molecule has 0 radical (unpaired) electrons. The molecule has 3 nitrogen and oxygen atoms in total. The molecule has 0 saturated heterocycles. The van der Waals surface area contributed by atoms with Gasteiger partial charge >= 0.3 is 0 Å². The van der Waals surface area contributed by atoms with Crippen LogP contribution in [-0.4, -0.2) is 16.1 Å². The highest BCUT2D eigenvalue weighted by Gasteiger charge is 2.23. The quantitative estimate of drug-likeness (QED) is 0.115. The molecule has 0 N–H and O–H groups in total. The SMILES string of the molecule is C=C(N=C(N=C(C)c1ccc2c(c1)Cc1c(-c3ccc4c(c3)c3cc(-c5ccccc5)ccc3n4-c3ccccc3)cccc1-2)c1ccccc1)c1ccccc1. The van der Waals surface area contributed by atoms with Crippen molar-refractivity contribution in [2.45, 2.75) is 13.3 Å². The molecule has 0 aliphatic heterocycles. The molecule has 0 fully saturated rings. The van der Waals surface area contributed by atoms with Gasteiger partial charge in [-0.3, -0.25) is 0 Å². The molecule has 10 rings (SSSR count). The van der Waals surface area contributed by atoms with E-state index in [0.717, 1.165) is 34.5 Å². The summed E-state index contributed by atoms with van der Waals surface area (Å²) in [5.41, 5.74) is 18.4. The number of aliphatic imine (C=N–C) groups is 2. The molecule has 0 saturated carbocycles. The summed E-state index contributed by atoms with van der Waals surface area (Å²) in [7, 11) is 0. The Morgan fingerprint density at radius 2 is 1.07 bits per heavy atom. The van der Waals surface area contributed by atoms with Crippen molar-refractivity contribution < 1.29 is 0 Å². The van der Waals surface area contributed by atoms with E-state index >= 15 is 0 Å². The third kappa shape index (κ3) is 6.30. The summed E-state index contributed by atoms with van der Waals surface area (Å²) in [6, 6.07) is 69.0. The molecule has 0 atom stereocenters. The highest BCUT2D eigenvalue weighted by Crippen LogP contribution is 2.44. The van der Waals surface area contributed by atoms with Crippen LogP contribution >= 0.6 is 0 Å². The standard InChI is InChI=1S/C54H39N3/c1-36(38-16-7-3-8-17-38)55-54(40-20-11-5-12-21-40)56-37(2)41-26-29-47-44(32-41)35-49-46(24-15-25-48(47)49)43-28-31-53-51(34-43)50-33-42(39-18-9-4-10-19-39)27-30-52(50)57(53)45-22-13-6-14-23-45/h3-34H,1,35H2,2H3. The predicted molar refractivity (Wildman–Crippen MR) is 241 cm³/mol. The van der Waals surface area contributed by atoms with E-state index in [2.05, 4.69) is 152 Å². The maximum absolute atomic E-state index is 5.13. The van der Waals surface area contributed by atoms with E-state index in [4.69, 9.17) is 9.98 Å². The molecule has 3 heteroatoms. The summed E-state index contributed by atoms with van der Waals surface area (Å²) >= 11 is 0. The Hall–Kier alpha value is -7.36. The molecule has 1 aliphatic rings. The minimum Gasteiger partial charge on any atom is -0.309 e. The van der Waals surface area contributed by atoms with Crippen molar-refractivity contribution in [1.82, 2.24) is 4.57 Å². The third-order valence-electron chi connectivity index (χ3n) is 11.2. The molecule has 0 spiro atoms. The number of hydrogen-bond acceptors (Lipinski definition) is 1. The maximum Gasteiger partial charge on any atom is 0.160 e. The lowest BCUT2D eigenvalue weighted by Gasteiger charge is -2.11. The topological polar surface area (TPSA) is 29.6 Å². The number of amidine groups is 1. The van der Waals surface area contributed by atoms with Gasteiger partial charge in [-0.25, -0.2) is 9.98 Å². The van der Waals surface area contributed by atoms with E-state index in [-0.39, 0.29) is 0 Å². The Kier molecular flexibility index (Phi) is 8.61. The summed E-state index contributed by atoms with van der Waals surface area (Å²) < 4.78 is 2.39. The van der Waals surface area contributed by atoms with Gasteiger partial charge in [0, 0.05) is 27.7 Å². The molecule has 1 aromatic heterocycles. The fraction of sp³-hybridized carbons (Fsp3) is 0.0370. The Balaban J connectivity index is 1.03. The van der Waals surface area contributed by atoms with Crippen LogP contribution in [0.25, 0.3) is 66.6 Å². The van der Waals surface area contributed by atoms with Crippen LogP contribution in [0.1, 0.15) is 34.7 Å². The first-order valence-electron chi connectivity index (χ1n) is 19.5. The minimum absolute atomic E-state index is 0.646. The van der Waals surface area contributed by atoms with Gasteiger partial charge in [-0.05, 0) is 111 Å². The second kappa shape index (κ2) is 14.4. The Labute approximate surface area is 333 Å². The lowest BCUT2D eigenvalue weighted by atomic mass is 9.94. The van der Waals surface area contributed by atoms with Crippen LogP contribution in [0.15, 0.2) is 211 Å². The molecule has 0 bridgehead atoms. The van der Waals surface area contributed by atoms with Gasteiger partial charge in [0.2, 0.25) is 0 Å². The molecular weight excluding hydrogens is 691 g/mol. The monoisotopic (exact) mass is 729 g/mol. The Morgan fingerprint density at radius 1 is 0.474 bits per heavy atom. The van der Waals surface area contributed by atoms with Crippen LogP contribution in [-0.2, 0) is 6.42 Å². The summed E-state index contributed by atoms with van der Waals surface area (Å²) in [5.74, 6) is 0.646. The fourth-order valence-corrected chi connectivity index (χ4v) is 8.36. The number of fused-ring (bicyclic) bond motifs is 6. The zero-order valence-corrected chi connectivity index (χ0v) is 31.7. The highest BCUT2D eigenvalue weighted by molar-refractivity contribution is 6.14. The minimum atomic E-state index is 0.646. The molecule has 9 aromatic rings. The van der Waals surface area contributed by atoms with Gasteiger partial charge in [0.1, 0.15) is 0 Å². The predicted octanol–water partition coefficient (Wildman–Crippen LogP) is 13.6. The Bertz CT molecular complexity index is 3030. The van der Waals surface area contributed by atoms with Crippen molar-refractivity contribution in [3.63, 3.8) is 0 Å². The highest BCUT2D eigenvalue weighted by atomic mass is 15.0. The molecule has 8 aromatic carbocycles. The van der Waals surface area contributed by atoms with Gasteiger partial charge in [-0.15, -0.1) is 0 Å². The van der Waals surface area contributed by atoms with Crippen LogP contribution in [0, 0.1) is 0 Å². The average molecular weight is 730 g/mol. The van der Waals surface area contributed by atoms with E-state index in [1.807, 2.05) is 60.7 Å². The van der Waals surface area contributed by atoms with Crippen LogP contribution in [0.2, 0.25) is 0 Å². The van der Waals surface area contributed by atoms with Gasteiger partial charge in [-0.2, -0.15) is 0 Å². The lowest BCUT2D eigenvalue weighted by Crippen LogP contribution is -2.04. The molecule has 1 aliphatic carbocycles. The van der Waals surface area contributed by atoms with Gasteiger partial charge < -0.3 is 4.57 Å². The smallest absolute Gasteiger partial charge is 0.160 e. The molecule has 57 heavy (non-hydrogen) atoms. The van der Waals surface area contributed by atoms with Gasteiger partial charge in [0.05, 0.1) is 16.7 Å². The summed E-state index contributed by atoms with van der Waals surface area (Å²) in [6.45, 7) is 6.35. The summed E-state index contributed by atoms with van der Waals surface area (Å²) in [5, 5.41) is 2.50. The summed E-state index contributed by atoms with van der Waals surface area (Å²) in [4.78, 5) is 10.1. The molecule has 0 unspecified atom stereocenters. The van der Waals surface area contributed by atoms with Crippen molar-refractivity contribution in [3.05, 3.63) is 229 Å². The lowest BCUT2D eigenvalue weighted by molar-refractivity contribution is 1.18. The van der Waals surface area contributed by atoms with Crippen LogP contribution in [0.4, 0.5) is 0 Å². The molecule has 1 heterocycles.